The number of hydrogen-bond donors (Lipinski definition) is 1. The fourth-order valence-electron chi connectivity index (χ4n) is 2.24. The summed E-state index contributed by atoms with van der Waals surface area (Å²) in [5.74, 6) is 1.03. The predicted octanol–water partition coefficient (Wildman–Crippen LogP) is 1.82. The van der Waals surface area contributed by atoms with Crippen LogP contribution >= 0.6 is 0 Å². The fourth-order valence-corrected chi connectivity index (χ4v) is 2.24. The fraction of sp³-hybridized carbons (Fsp3) is 0.688. The summed E-state index contributed by atoms with van der Waals surface area (Å²) in [4.78, 5) is 6.78. The summed E-state index contributed by atoms with van der Waals surface area (Å²) in [7, 11) is 3.47. The van der Waals surface area contributed by atoms with Gasteiger partial charge in [0, 0.05) is 52.7 Å². The van der Waals surface area contributed by atoms with Gasteiger partial charge in [0.05, 0.1) is 6.61 Å². The minimum atomic E-state index is 0.708. The minimum Gasteiger partial charge on any atom is -0.385 e. The van der Waals surface area contributed by atoms with Crippen LogP contribution in [0, 0.1) is 0 Å². The van der Waals surface area contributed by atoms with Crippen LogP contribution in [0.15, 0.2) is 18.3 Å². The first kappa shape index (κ1) is 16.2. The van der Waals surface area contributed by atoms with E-state index in [1.165, 1.54) is 18.4 Å². The van der Waals surface area contributed by atoms with Gasteiger partial charge in [0.2, 0.25) is 0 Å². The second kappa shape index (κ2) is 8.97. The maximum absolute atomic E-state index is 5.20. The van der Waals surface area contributed by atoms with Crippen molar-refractivity contribution in [3.05, 3.63) is 23.9 Å². The van der Waals surface area contributed by atoms with Crippen molar-refractivity contribution in [2.75, 3.05) is 45.4 Å². The molecule has 0 aromatic carbocycles. The van der Waals surface area contributed by atoms with E-state index in [1.54, 1.807) is 14.2 Å². The van der Waals surface area contributed by atoms with E-state index in [9.17, 15) is 0 Å². The highest BCUT2D eigenvalue weighted by atomic mass is 16.5. The van der Waals surface area contributed by atoms with Crippen molar-refractivity contribution in [2.24, 2.45) is 0 Å². The lowest BCUT2D eigenvalue weighted by atomic mass is 10.2. The molecular weight excluding hydrogens is 266 g/mol. The van der Waals surface area contributed by atoms with E-state index in [0.29, 0.717) is 6.61 Å². The van der Waals surface area contributed by atoms with Gasteiger partial charge in [-0.2, -0.15) is 0 Å². The van der Waals surface area contributed by atoms with Crippen LogP contribution < -0.4 is 10.2 Å². The zero-order chi connectivity index (χ0) is 14.9. The van der Waals surface area contributed by atoms with Crippen LogP contribution in [0.2, 0.25) is 0 Å². The number of aromatic nitrogens is 1. The summed E-state index contributed by atoms with van der Waals surface area (Å²) in [6.45, 7) is 4.19. The number of hydrogen-bond acceptors (Lipinski definition) is 5. The Morgan fingerprint density at radius 2 is 2.05 bits per heavy atom. The molecule has 1 N–H and O–H groups in total. The first-order valence-electron chi connectivity index (χ1n) is 7.74. The molecule has 0 amide bonds. The molecule has 1 aromatic heterocycles. The molecule has 0 aliphatic heterocycles. The Kier molecular flexibility index (Phi) is 6.92. The van der Waals surface area contributed by atoms with E-state index < -0.39 is 0 Å². The summed E-state index contributed by atoms with van der Waals surface area (Å²) in [6, 6.07) is 4.99. The van der Waals surface area contributed by atoms with E-state index in [2.05, 4.69) is 27.3 Å². The van der Waals surface area contributed by atoms with E-state index in [4.69, 9.17) is 9.47 Å². The first-order valence-corrected chi connectivity index (χ1v) is 7.74. The number of nitrogens with zero attached hydrogens (tertiary/aromatic N) is 2. The Balaban J connectivity index is 1.93. The number of nitrogens with one attached hydrogen (secondary N) is 1. The molecule has 1 saturated carbocycles. The van der Waals surface area contributed by atoms with E-state index in [0.717, 1.165) is 44.5 Å². The highest BCUT2D eigenvalue weighted by molar-refractivity contribution is 5.41. The third kappa shape index (κ3) is 5.99. The maximum Gasteiger partial charge on any atom is 0.128 e. The minimum absolute atomic E-state index is 0.708. The molecule has 1 fully saturated rings. The number of ether oxygens (including phenoxy) is 2. The predicted molar refractivity (Wildman–Crippen MR) is 84.7 cm³/mol. The van der Waals surface area contributed by atoms with Crippen LogP contribution in [0.5, 0.6) is 0 Å². The van der Waals surface area contributed by atoms with E-state index in [1.807, 2.05) is 6.20 Å². The lowest BCUT2D eigenvalue weighted by Gasteiger charge is -2.23. The van der Waals surface area contributed by atoms with Gasteiger partial charge >= 0.3 is 0 Å². The van der Waals surface area contributed by atoms with Crippen molar-refractivity contribution in [3.63, 3.8) is 0 Å². The van der Waals surface area contributed by atoms with Crippen molar-refractivity contribution in [1.29, 1.82) is 0 Å². The Morgan fingerprint density at radius 3 is 2.76 bits per heavy atom. The number of rotatable bonds is 11. The second-order valence-corrected chi connectivity index (χ2v) is 5.50. The van der Waals surface area contributed by atoms with Gasteiger partial charge in [-0.3, -0.25) is 0 Å². The van der Waals surface area contributed by atoms with Crippen LogP contribution in [0.25, 0.3) is 0 Å². The number of pyridine rings is 1. The van der Waals surface area contributed by atoms with E-state index in [-0.39, 0.29) is 0 Å². The molecule has 0 spiro atoms. The highest BCUT2D eigenvalue weighted by Crippen LogP contribution is 2.20. The molecule has 1 aliphatic carbocycles. The molecule has 21 heavy (non-hydrogen) atoms. The van der Waals surface area contributed by atoms with E-state index >= 15 is 0 Å². The molecule has 118 valence electrons. The lowest BCUT2D eigenvalue weighted by Crippen LogP contribution is -2.30. The molecular formula is C16H27N3O2. The normalized spacial score (nSPS) is 14.4. The largest absolute Gasteiger partial charge is 0.385 e. The topological polar surface area (TPSA) is 46.6 Å². The third-order valence-corrected chi connectivity index (χ3v) is 3.65. The van der Waals surface area contributed by atoms with Gasteiger partial charge in [0.1, 0.15) is 5.82 Å². The molecule has 0 atom stereocenters. The van der Waals surface area contributed by atoms with Crippen LogP contribution in [0.4, 0.5) is 5.82 Å². The van der Waals surface area contributed by atoms with Crippen LogP contribution in [-0.2, 0) is 16.0 Å². The summed E-state index contributed by atoms with van der Waals surface area (Å²) in [5, 5.41) is 3.54. The molecule has 1 aromatic rings. The van der Waals surface area contributed by atoms with Gasteiger partial charge in [0.15, 0.2) is 0 Å². The molecule has 0 bridgehead atoms. The average Bonchev–Trinajstić information content (AvgIpc) is 3.33. The van der Waals surface area contributed by atoms with Gasteiger partial charge in [-0.1, -0.05) is 0 Å². The zero-order valence-electron chi connectivity index (χ0n) is 13.2. The molecule has 1 heterocycles. The van der Waals surface area contributed by atoms with Gasteiger partial charge in [-0.05, 0) is 37.0 Å². The summed E-state index contributed by atoms with van der Waals surface area (Å²) in [6.07, 6.45) is 5.52. The molecule has 5 nitrogen and oxygen atoms in total. The van der Waals surface area contributed by atoms with Crippen molar-refractivity contribution in [2.45, 2.75) is 31.8 Å². The molecule has 0 saturated heterocycles. The Bertz CT molecular complexity index is 410. The van der Waals surface area contributed by atoms with Crippen molar-refractivity contribution in [3.8, 4) is 0 Å². The number of anilines is 1. The quantitative estimate of drug-likeness (QED) is 0.631. The summed E-state index contributed by atoms with van der Waals surface area (Å²) < 4.78 is 10.3. The first-order chi connectivity index (χ1) is 10.3. The SMILES string of the molecule is COCCCN(CCOC)c1cc(CNC2CC2)ccn1. The van der Waals surface area contributed by atoms with Gasteiger partial charge in [-0.25, -0.2) is 4.98 Å². The lowest BCUT2D eigenvalue weighted by molar-refractivity contribution is 0.191. The Hall–Kier alpha value is -1.17. The van der Waals surface area contributed by atoms with Gasteiger partial charge < -0.3 is 19.7 Å². The van der Waals surface area contributed by atoms with Crippen molar-refractivity contribution in [1.82, 2.24) is 10.3 Å². The van der Waals surface area contributed by atoms with Crippen LogP contribution in [0.1, 0.15) is 24.8 Å². The average molecular weight is 293 g/mol. The maximum atomic E-state index is 5.20. The second-order valence-electron chi connectivity index (χ2n) is 5.50. The molecule has 0 radical (unpaired) electrons. The molecule has 1 aliphatic rings. The van der Waals surface area contributed by atoms with Crippen molar-refractivity contribution < 1.29 is 9.47 Å². The smallest absolute Gasteiger partial charge is 0.128 e. The van der Waals surface area contributed by atoms with Crippen molar-refractivity contribution >= 4 is 5.82 Å². The standard InChI is InChI=1S/C16H27N3O2/c1-20-10-3-8-19(9-11-21-2)16-12-14(6-7-17-16)13-18-15-4-5-15/h6-7,12,15,18H,3-5,8-11,13H2,1-2H3. The molecule has 0 unspecified atom stereocenters. The molecule has 2 rings (SSSR count). The third-order valence-electron chi connectivity index (χ3n) is 3.65. The Labute approximate surface area is 127 Å². The summed E-state index contributed by atoms with van der Waals surface area (Å²) >= 11 is 0. The van der Waals surface area contributed by atoms with Crippen LogP contribution in [0.3, 0.4) is 0 Å². The van der Waals surface area contributed by atoms with Gasteiger partial charge in [-0.15, -0.1) is 0 Å². The van der Waals surface area contributed by atoms with Gasteiger partial charge in [0.25, 0.3) is 0 Å². The monoisotopic (exact) mass is 293 g/mol. The summed E-state index contributed by atoms with van der Waals surface area (Å²) in [5.41, 5.74) is 1.29. The van der Waals surface area contributed by atoms with Crippen LogP contribution in [-0.4, -0.2) is 51.5 Å². The Morgan fingerprint density at radius 1 is 1.24 bits per heavy atom. The highest BCUT2D eigenvalue weighted by Gasteiger charge is 2.20. The number of methoxy groups -OCH3 is 2. The zero-order valence-corrected chi connectivity index (χ0v) is 13.2. The molecule has 5 heteroatoms.